The van der Waals surface area contributed by atoms with Crippen LogP contribution in [-0.2, 0) is 4.74 Å². The Morgan fingerprint density at radius 2 is 1.96 bits per heavy atom. The van der Waals surface area contributed by atoms with Gasteiger partial charge < -0.3 is 9.64 Å². The number of benzene rings is 2. The molecule has 3 rings (SSSR count). The summed E-state index contributed by atoms with van der Waals surface area (Å²) in [7, 11) is 1.60. The molecule has 0 aliphatic carbocycles. The predicted octanol–water partition coefficient (Wildman–Crippen LogP) is 3.40. The maximum atomic E-state index is 12.5. The molecule has 0 bridgehead atoms. The van der Waals surface area contributed by atoms with Crippen molar-refractivity contribution in [3.8, 4) is 0 Å². The van der Waals surface area contributed by atoms with Crippen molar-refractivity contribution in [3.63, 3.8) is 0 Å². The van der Waals surface area contributed by atoms with Gasteiger partial charge in [0.25, 0.3) is 5.69 Å². The summed E-state index contributed by atoms with van der Waals surface area (Å²) in [5.41, 5.74) is 1.25. The molecule has 2 aromatic rings. The fourth-order valence-corrected chi connectivity index (χ4v) is 3.07. The molecule has 1 heterocycles. The maximum absolute atomic E-state index is 12.5. The van der Waals surface area contributed by atoms with Crippen LogP contribution in [-0.4, -0.2) is 30.6 Å². The molecule has 1 aliphatic heterocycles. The standard InChI is InChI=1S/C18H18N2O4/c1-24-17-8-5-11-19(17)15-10-9-14(12-16(15)20(22)23)18(21)13-6-3-2-4-7-13/h2-4,6-7,9-10,12,17H,5,8,11H2,1H3/t17-/m1/s1. The number of nitro groups is 1. The summed E-state index contributed by atoms with van der Waals surface area (Å²) in [5.74, 6) is -0.227. The predicted molar refractivity (Wildman–Crippen MR) is 90.3 cm³/mol. The first kappa shape index (κ1) is 16.1. The van der Waals surface area contributed by atoms with Gasteiger partial charge in [0.1, 0.15) is 11.9 Å². The molecule has 0 N–H and O–H groups in total. The summed E-state index contributed by atoms with van der Waals surface area (Å²) in [6.07, 6.45) is 1.58. The lowest BCUT2D eigenvalue weighted by Gasteiger charge is -2.25. The topological polar surface area (TPSA) is 72.7 Å². The molecule has 0 radical (unpaired) electrons. The van der Waals surface area contributed by atoms with Crippen molar-refractivity contribution in [3.05, 3.63) is 69.8 Å². The van der Waals surface area contributed by atoms with Crippen LogP contribution in [0.5, 0.6) is 0 Å². The van der Waals surface area contributed by atoms with E-state index in [4.69, 9.17) is 4.74 Å². The van der Waals surface area contributed by atoms with E-state index in [9.17, 15) is 14.9 Å². The number of anilines is 1. The van der Waals surface area contributed by atoms with Gasteiger partial charge in [-0.25, -0.2) is 0 Å². The minimum absolute atomic E-state index is 0.0688. The van der Waals surface area contributed by atoms with Crippen molar-refractivity contribution >= 4 is 17.2 Å². The fraction of sp³-hybridized carbons (Fsp3) is 0.278. The minimum atomic E-state index is -0.442. The van der Waals surface area contributed by atoms with Crippen molar-refractivity contribution in [1.29, 1.82) is 0 Å². The van der Waals surface area contributed by atoms with E-state index in [1.54, 1.807) is 43.5 Å². The van der Waals surface area contributed by atoms with Crippen LogP contribution in [0.1, 0.15) is 28.8 Å². The Hall–Kier alpha value is -2.73. The molecule has 0 spiro atoms. The largest absolute Gasteiger partial charge is 0.362 e. The normalized spacial score (nSPS) is 17.0. The lowest BCUT2D eigenvalue weighted by Crippen LogP contribution is -2.31. The zero-order valence-electron chi connectivity index (χ0n) is 13.3. The van der Waals surface area contributed by atoms with Crippen LogP contribution >= 0.6 is 0 Å². The Morgan fingerprint density at radius 3 is 2.62 bits per heavy atom. The highest BCUT2D eigenvalue weighted by molar-refractivity contribution is 6.09. The number of methoxy groups -OCH3 is 1. The highest BCUT2D eigenvalue weighted by atomic mass is 16.6. The number of ether oxygens (including phenoxy) is 1. The van der Waals surface area contributed by atoms with Crippen LogP contribution in [0.3, 0.4) is 0 Å². The lowest BCUT2D eigenvalue weighted by atomic mass is 10.0. The van der Waals surface area contributed by atoms with Gasteiger partial charge >= 0.3 is 0 Å². The van der Waals surface area contributed by atoms with Crippen LogP contribution in [0.2, 0.25) is 0 Å². The first-order chi connectivity index (χ1) is 11.6. The zero-order chi connectivity index (χ0) is 17.1. The molecule has 24 heavy (non-hydrogen) atoms. The molecule has 6 nitrogen and oxygen atoms in total. The third-order valence-corrected chi connectivity index (χ3v) is 4.25. The van der Waals surface area contributed by atoms with E-state index in [2.05, 4.69) is 0 Å². The van der Waals surface area contributed by atoms with E-state index in [-0.39, 0.29) is 17.7 Å². The number of nitrogens with zero attached hydrogens (tertiary/aromatic N) is 2. The summed E-state index contributed by atoms with van der Waals surface area (Å²) >= 11 is 0. The fourth-order valence-electron chi connectivity index (χ4n) is 3.07. The Bertz CT molecular complexity index is 761. The highest BCUT2D eigenvalue weighted by Crippen LogP contribution is 2.34. The van der Waals surface area contributed by atoms with E-state index in [1.165, 1.54) is 6.07 Å². The lowest BCUT2D eigenvalue weighted by molar-refractivity contribution is -0.384. The Kier molecular flexibility index (Phi) is 4.57. The Morgan fingerprint density at radius 1 is 1.21 bits per heavy atom. The van der Waals surface area contributed by atoms with E-state index in [0.29, 0.717) is 23.4 Å². The Labute approximate surface area is 139 Å². The number of rotatable bonds is 5. The number of carbonyl (C=O) groups excluding carboxylic acids is 1. The number of hydrogen-bond acceptors (Lipinski definition) is 5. The first-order valence-corrected chi connectivity index (χ1v) is 7.79. The average molecular weight is 326 g/mol. The number of ketones is 1. The van der Waals surface area contributed by atoms with Gasteiger partial charge in [0, 0.05) is 30.8 Å². The smallest absolute Gasteiger partial charge is 0.293 e. The molecule has 1 saturated heterocycles. The third-order valence-electron chi connectivity index (χ3n) is 4.25. The third kappa shape index (κ3) is 3.00. The SMILES string of the molecule is CO[C@@H]1CCCN1c1ccc(C(=O)c2ccccc2)cc1[N+](=O)[O-]. The molecule has 1 aliphatic rings. The van der Waals surface area contributed by atoms with E-state index in [0.717, 1.165) is 12.8 Å². The molecule has 0 amide bonds. The van der Waals surface area contributed by atoms with Gasteiger partial charge in [0.05, 0.1) is 4.92 Å². The quantitative estimate of drug-likeness (QED) is 0.478. The van der Waals surface area contributed by atoms with E-state index in [1.807, 2.05) is 11.0 Å². The molecule has 0 unspecified atom stereocenters. The van der Waals surface area contributed by atoms with Crippen molar-refractivity contribution < 1.29 is 14.5 Å². The molecule has 1 atom stereocenters. The van der Waals surface area contributed by atoms with E-state index >= 15 is 0 Å². The summed E-state index contributed by atoms with van der Waals surface area (Å²) in [5, 5.41) is 11.5. The number of nitro benzene ring substituents is 1. The second-order valence-corrected chi connectivity index (χ2v) is 5.68. The molecular formula is C18H18N2O4. The number of carbonyl (C=O) groups is 1. The van der Waals surface area contributed by atoms with Gasteiger partial charge in [-0.05, 0) is 25.0 Å². The zero-order valence-corrected chi connectivity index (χ0v) is 13.3. The second kappa shape index (κ2) is 6.80. The van der Waals surface area contributed by atoms with Crippen molar-refractivity contribution in [2.75, 3.05) is 18.6 Å². The summed E-state index contributed by atoms with van der Waals surface area (Å²) in [6.45, 7) is 0.700. The molecule has 0 aromatic heterocycles. The van der Waals surface area contributed by atoms with Crippen LogP contribution < -0.4 is 4.90 Å². The minimum Gasteiger partial charge on any atom is -0.362 e. The molecule has 0 saturated carbocycles. The second-order valence-electron chi connectivity index (χ2n) is 5.68. The van der Waals surface area contributed by atoms with Crippen molar-refractivity contribution in [1.82, 2.24) is 0 Å². The van der Waals surface area contributed by atoms with Crippen LogP contribution in [0, 0.1) is 10.1 Å². The van der Waals surface area contributed by atoms with Gasteiger partial charge in [-0.2, -0.15) is 0 Å². The van der Waals surface area contributed by atoms with Crippen molar-refractivity contribution in [2.24, 2.45) is 0 Å². The van der Waals surface area contributed by atoms with Crippen LogP contribution in [0.25, 0.3) is 0 Å². The summed E-state index contributed by atoms with van der Waals surface area (Å²) in [6, 6.07) is 13.4. The van der Waals surface area contributed by atoms with Gasteiger partial charge in [0.15, 0.2) is 5.78 Å². The Balaban J connectivity index is 1.99. The summed E-state index contributed by atoms with van der Waals surface area (Å²) < 4.78 is 5.40. The van der Waals surface area contributed by atoms with Gasteiger partial charge in [-0.1, -0.05) is 30.3 Å². The molecule has 1 fully saturated rings. The van der Waals surface area contributed by atoms with E-state index < -0.39 is 4.92 Å². The van der Waals surface area contributed by atoms with Crippen LogP contribution in [0.15, 0.2) is 48.5 Å². The van der Waals surface area contributed by atoms with Crippen LogP contribution in [0.4, 0.5) is 11.4 Å². The average Bonchev–Trinajstić information content (AvgIpc) is 3.09. The molecule has 124 valence electrons. The van der Waals surface area contributed by atoms with Crippen molar-refractivity contribution in [2.45, 2.75) is 19.1 Å². The van der Waals surface area contributed by atoms with Gasteiger partial charge in [0.2, 0.25) is 0 Å². The first-order valence-electron chi connectivity index (χ1n) is 7.79. The molecular weight excluding hydrogens is 308 g/mol. The monoisotopic (exact) mass is 326 g/mol. The molecule has 6 heteroatoms. The summed E-state index contributed by atoms with van der Waals surface area (Å²) in [4.78, 5) is 25.5. The highest BCUT2D eigenvalue weighted by Gasteiger charge is 2.30. The maximum Gasteiger partial charge on any atom is 0.293 e. The van der Waals surface area contributed by atoms with Gasteiger partial charge in [-0.3, -0.25) is 14.9 Å². The molecule has 2 aromatic carbocycles. The van der Waals surface area contributed by atoms with Gasteiger partial charge in [-0.15, -0.1) is 0 Å². The number of hydrogen-bond donors (Lipinski definition) is 0.